The summed E-state index contributed by atoms with van der Waals surface area (Å²) in [5.74, 6) is -0.120. The van der Waals surface area contributed by atoms with Crippen molar-refractivity contribution in [3.8, 4) is 0 Å². The third-order valence-electron chi connectivity index (χ3n) is 3.78. The molecule has 0 aromatic rings. The largest absolute Gasteiger partial charge is 0.466 e. The highest BCUT2D eigenvalue weighted by atomic mass is 16.5. The van der Waals surface area contributed by atoms with Crippen LogP contribution in [0, 0.1) is 0 Å². The lowest BCUT2D eigenvalue weighted by molar-refractivity contribution is -0.143. The van der Waals surface area contributed by atoms with Gasteiger partial charge >= 0.3 is 5.97 Å². The first-order chi connectivity index (χ1) is 9.79. The number of hydrogen-bond acceptors (Lipinski definition) is 3. The summed E-state index contributed by atoms with van der Waals surface area (Å²) in [6.07, 6.45) is 16.2. The van der Waals surface area contributed by atoms with E-state index in [1.807, 2.05) is 12.2 Å². The molecule has 0 aromatic carbocycles. The minimum Gasteiger partial charge on any atom is -0.466 e. The minimum absolute atomic E-state index is 0.120. The molecule has 1 N–H and O–H groups in total. The summed E-state index contributed by atoms with van der Waals surface area (Å²) in [5, 5.41) is 9.76. The van der Waals surface area contributed by atoms with Crippen molar-refractivity contribution in [2.24, 2.45) is 0 Å². The maximum absolute atomic E-state index is 11.4. The zero-order valence-corrected chi connectivity index (χ0v) is 12.7. The third kappa shape index (κ3) is 10.0. The molecule has 3 heteroatoms. The van der Waals surface area contributed by atoms with Crippen LogP contribution < -0.4 is 0 Å². The maximum Gasteiger partial charge on any atom is 0.306 e. The number of rotatable bonds is 0. The summed E-state index contributed by atoms with van der Waals surface area (Å²) in [5.41, 5.74) is 0. The van der Waals surface area contributed by atoms with Crippen LogP contribution in [0.1, 0.15) is 77.0 Å². The lowest BCUT2D eigenvalue weighted by Crippen LogP contribution is -2.06. The first-order valence-corrected chi connectivity index (χ1v) is 8.29. The van der Waals surface area contributed by atoms with Crippen LogP contribution >= 0.6 is 0 Å². The average Bonchev–Trinajstić information content (AvgIpc) is 2.44. The van der Waals surface area contributed by atoms with Crippen molar-refractivity contribution in [1.29, 1.82) is 0 Å². The number of allylic oxidation sites excluding steroid dienone is 1. The van der Waals surface area contributed by atoms with Crippen LogP contribution in [0.25, 0.3) is 0 Å². The monoisotopic (exact) mass is 282 g/mol. The zero-order valence-electron chi connectivity index (χ0n) is 12.7. The van der Waals surface area contributed by atoms with Gasteiger partial charge in [0.05, 0.1) is 12.7 Å². The molecule has 1 aliphatic rings. The molecule has 3 nitrogen and oxygen atoms in total. The predicted molar refractivity (Wildman–Crippen MR) is 81.5 cm³/mol. The van der Waals surface area contributed by atoms with Crippen molar-refractivity contribution >= 4 is 5.97 Å². The number of aliphatic hydroxyl groups is 1. The minimum atomic E-state index is -0.357. The van der Waals surface area contributed by atoms with Gasteiger partial charge in [-0.2, -0.15) is 0 Å². The second-order valence-electron chi connectivity index (χ2n) is 5.73. The van der Waals surface area contributed by atoms with E-state index in [1.165, 1.54) is 44.9 Å². The fourth-order valence-electron chi connectivity index (χ4n) is 2.50. The van der Waals surface area contributed by atoms with Gasteiger partial charge in [0.2, 0.25) is 0 Å². The van der Waals surface area contributed by atoms with Crippen LogP contribution in [-0.2, 0) is 9.53 Å². The second kappa shape index (κ2) is 12.0. The molecular weight excluding hydrogens is 252 g/mol. The van der Waals surface area contributed by atoms with Crippen LogP contribution in [0.4, 0.5) is 0 Å². The molecule has 0 bridgehead atoms. The predicted octanol–water partition coefficient (Wildman–Crippen LogP) is 4.14. The molecule has 20 heavy (non-hydrogen) atoms. The summed E-state index contributed by atoms with van der Waals surface area (Å²) in [4.78, 5) is 11.4. The molecule has 0 fully saturated rings. The van der Waals surface area contributed by atoms with Gasteiger partial charge in [0.25, 0.3) is 0 Å². The molecule has 1 atom stereocenters. The fourth-order valence-corrected chi connectivity index (χ4v) is 2.50. The third-order valence-corrected chi connectivity index (χ3v) is 3.78. The first kappa shape index (κ1) is 17.2. The van der Waals surface area contributed by atoms with Gasteiger partial charge in [0.1, 0.15) is 0 Å². The highest BCUT2D eigenvalue weighted by Crippen LogP contribution is 2.12. The summed E-state index contributed by atoms with van der Waals surface area (Å²) < 4.78 is 5.18. The molecular formula is C17H30O3. The zero-order chi connectivity index (χ0) is 14.5. The highest BCUT2D eigenvalue weighted by molar-refractivity contribution is 5.69. The van der Waals surface area contributed by atoms with E-state index < -0.39 is 0 Å². The summed E-state index contributed by atoms with van der Waals surface area (Å²) in [6, 6.07) is 0. The Balaban J connectivity index is 2.26. The van der Waals surface area contributed by atoms with Crippen LogP contribution in [0.2, 0.25) is 0 Å². The Labute approximate surface area is 123 Å². The lowest BCUT2D eigenvalue weighted by Gasteiger charge is -2.07. The van der Waals surface area contributed by atoms with Crippen molar-refractivity contribution in [3.05, 3.63) is 12.2 Å². The van der Waals surface area contributed by atoms with E-state index in [0.717, 1.165) is 19.3 Å². The van der Waals surface area contributed by atoms with Crippen LogP contribution in [0.3, 0.4) is 0 Å². The van der Waals surface area contributed by atoms with Gasteiger partial charge in [-0.25, -0.2) is 0 Å². The van der Waals surface area contributed by atoms with E-state index in [4.69, 9.17) is 4.74 Å². The Morgan fingerprint density at radius 1 is 0.950 bits per heavy atom. The smallest absolute Gasteiger partial charge is 0.306 e. The highest BCUT2D eigenvalue weighted by Gasteiger charge is 2.03. The Hall–Kier alpha value is -0.830. The van der Waals surface area contributed by atoms with Crippen molar-refractivity contribution in [3.63, 3.8) is 0 Å². The Kier molecular flexibility index (Phi) is 10.3. The van der Waals surface area contributed by atoms with E-state index in [0.29, 0.717) is 19.4 Å². The van der Waals surface area contributed by atoms with Crippen molar-refractivity contribution < 1.29 is 14.6 Å². The molecule has 1 heterocycles. The SMILES string of the molecule is O=C1CC/C=C/[C@H](O)CCCCCCCCCCCO1. The average molecular weight is 282 g/mol. The molecule has 116 valence electrons. The molecule has 0 aromatic heterocycles. The van der Waals surface area contributed by atoms with E-state index in [1.54, 1.807) is 0 Å². The molecule has 0 spiro atoms. The Morgan fingerprint density at radius 3 is 2.25 bits per heavy atom. The van der Waals surface area contributed by atoms with Gasteiger partial charge in [-0.3, -0.25) is 4.79 Å². The standard InChI is InChI=1S/C17H30O3/c18-16-12-8-6-4-2-1-3-5-7-11-15-20-17(19)14-10-9-13-16/h9,13,16,18H,1-8,10-12,14-15H2/b13-9+/t16-/m1/s1. The van der Waals surface area contributed by atoms with E-state index in [-0.39, 0.29) is 12.1 Å². The van der Waals surface area contributed by atoms with Gasteiger partial charge in [0.15, 0.2) is 0 Å². The van der Waals surface area contributed by atoms with Crippen molar-refractivity contribution in [2.45, 2.75) is 83.2 Å². The fraction of sp³-hybridized carbons (Fsp3) is 0.824. The van der Waals surface area contributed by atoms with E-state index in [9.17, 15) is 9.90 Å². The van der Waals surface area contributed by atoms with Crippen LogP contribution in [0.5, 0.6) is 0 Å². The summed E-state index contributed by atoms with van der Waals surface area (Å²) >= 11 is 0. The Morgan fingerprint density at radius 2 is 1.55 bits per heavy atom. The van der Waals surface area contributed by atoms with Gasteiger partial charge in [0, 0.05) is 6.42 Å². The number of hydrogen-bond donors (Lipinski definition) is 1. The Bertz CT molecular complexity index is 273. The molecule has 1 rings (SSSR count). The number of aliphatic hydroxyl groups excluding tert-OH is 1. The molecule has 0 unspecified atom stereocenters. The van der Waals surface area contributed by atoms with Crippen LogP contribution in [0.15, 0.2) is 12.2 Å². The first-order valence-electron chi connectivity index (χ1n) is 8.29. The van der Waals surface area contributed by atoms with E-state index in [2.05, 4.69) is 0 Å². The molecule has 0 saturated carbocycles. The van der Waals surface area contributed by atoms with Crippen molar-refractivity contribution in [2.75, 3.05) is 6.61 Å². The summed E-state index contributed by atoms with van der Waals surface area (Å²) in [6.45, 7) is 0.561. The number of esters is 1. The molecule has 0 saturated heterocycles. The molecule has 0 aliphatic carbocycles. The van der Waals surface area contributed by atoms with Gasteiger partial charge < -0.3 is 9.84 Å². The molecule has 1 aliphatic heterocycles. The molecule has 0 amide bonds. The lowest BCUT2D eigenvalue weighted by atomic mass is 10.0. The second-order valence-corrected chi connectivity index (χ2v) is 5.73. The van der Waals surface area contributed by atoms with Crippen molar-refractivity contribution in [1.82, 2.24) is 0 Å². The maximum atomic E-state index is 11.4. The number of carbonyl (C=O) groups excluding carboxylic acids is 1. The number of cyclic esters (lactones) is 1. The number of carbonyl (C=O) groups is 1. The normalized spacial score (nSPS) is 27.1. The topological polar surface area (TPSA) is 46.5 Å². The van der Waals surface area contributed by atoms with Gasteiger partial charge in [-0.05, 0) is 19.3 Å². The van der Waals surface area contributed by atoms with E-state index >= 15 is 0 Å². The quantitative estimate of drug-likeness (QED) is 0.536. The van der Waals surface area contributed by atoms with Gasteiger partial charge in [-0.1, -0.05) is 63.5 Å². The van der Waals surface area contributed by atoms with Crippen LogP contribution in [-0.4, -0.2) is 23.8 Å². The number of ether oxygens (including phenoxy) is 1. The summed E-state index contributed by atoms with van der Waals surface area (Å²) in [7, 11) is 0. The van der Waals surface area contributed by atoms with Gasteiger partial charge in [-0.15, -0.1) is 0 Å². The molecule has 0 radical (unpaired) electrons.